The minimum absolute atomic E-state index is 0.282. The van der Waals surface area contributed by atoms with Crippen molar-refractivity contribution in [3.63, 3.8) is 0 Å². The number of hydrogen-bond donors (Lipinski definition) is 1. The van der Waals surface area contributed by atoms with Gasteiger partial charge in [0.1, 0.15) is 17.2 Å². The van der Waals surface area contributed by atoms with Crippen LogP contribution in [0.3, 0.4) is 0 Å². The maximum Gasteiger partial charge on any atom is 0.222 e. The highest BCUT2D eigenvalue weighted by molar-refractivity contribution is 5.68. The second-order valence-corrected chi connectivity index (χ2v) is 4.03. The second kappa shape index (κ2) is 4.86. The quantitative estimate of drug-likeness (QED) is 0.771. The van der Waals surface area contributed by atoms with Gasteiger partial charge in [-0.25, -0.2) is 0 Å². The lowest BCUT2D eigenvalue weighted by atomic mass is 10.1. The fraction of sp³-hybridized carbons (Fsp3) is 0. The Labute approximate surface area is 110 Å². The van der Waals surface area contributed by atoms with Crippen LogP contribution in [-0.4, -0.2) is 5.16 Å². The highest BCUT2D eigenvalue weighted by Crippen LogP contribution is 2.32. The predicted molar refractivity (Wildman–Crippen MR) is 72.9 cm³/mol. The van der Waals surface area contributed by atoms with Gasteiger partial charge in [-0.15, -0.1) is 0 Å². The van der Waals surface area contributed by atoms with Crippen LogP contribution < -0.4 is 10.5 Å². The van der Waals surface area contributed by atoms with Crippen molar-refractivity contribution >= 4 is 5.88 Å². The Morgan fingerprint density at radius 3 is 2.42 bits per heavy atom. The van der Waals surface area contributed by atoms with Gasteiger partial charge in [-0.1, -0.05) is 35.5 Å². The molecule has 19 heavy (non-hydrogen) atoms. The number of nitrogen functional groups attached to an aromatic ring is 1. The summed E-state index contributed by atoms with van der Waals surface area (Å²) in [5.41, 5.74) is 7.04. The summed E-state index contributed by atoms with van der Waals surface area (Å²) in [5, 5.41) is 3.91. The highest BCUT2D eigenvalue weighted by atomic mass is 16.5. The lowest BCUT2D eigenvalue weighted by Crippen LogP contribution is -1.87. The predicted octanol–water partition coefficient (Wildman–Crippen LogP) is 3.72. The van der Waals surface area contributed by atoms with Gasteiger partial charge in [-0.05, 0) is 24.3 Å². The number of aromatic nitrogens is 1. The molecule has 2 aromatic carbocycles. The van der Waals surface area contributed by atoms with Gasteiger partial charge in [0.25, 0.3) is 0 Å². The third-order valence-corrected chi connectivity index (χ3v) is 2.66. The molecule has 0 saturated heterocycles. The van der Waals surface area contributed by atoms with Crippen molar-refractivity contribution in [3.05, 3.63) is 60.7 Å². The van der Waals surface area contributed by atoms with E-state index in [1.54, 1.807) is 6.07 Å². The number of hydrogen-bond acceptors (Lipinski definition) is 4. The van der Waals surface area contributed by atoms with Crippen molar-refractivity contribution in [2.45, 2.75) is 0 Å². The van der Waals surface area contributed by atoms with Crippen molar-refractivity contribution in [1.82, 2.24) is 5.16 Å². The van der Waals surface area contributed by atoms with Crippen LogP contribution in [0.2, 0.25) is 0 Å². The Hall–Kier alpha value is -2.75. The second-order valence-electron chi connectivity index (χ2n) is 4.03. The zero-order valence-corrected chi connectivity index (χ0v) is 10.1. The molecular weight excluding hydrogens is 240 g/mol. The molecule has 3 aromatic rings. The Morgan fingerprint density at radius 2 is 1.68 bits per heavy atom. The Bertz CT molecular complexity index is 677. The number of para-hydroxylation sites is 2. The van der Waals surface area contributed by atoms with E-state index < -0.39 is 0 Å². The monoisotopic (exact) mass is 252 g/mol. The van der Waals surface area contributed by atoms with E-state index >= 15 is 0 Å². The van der Waals surface area contributed by atoms with Gasteiger partial charge >= 0.3 is 0 Å². The van der Waals surface area contributed by atoms with Crippen LogP contribution in [0, 0.1) is 0 Å². The third-order valence-electron chi connectivity index (χ3n) is 2.66. The molecule has 0 fully saturated rings. The van der Waals surface area contributed by atoms with Crippen molar-refractivity contribution < 1.29 is 9.26 Å². The summed E-state index contributed by atoms with van der Waals surface area (Å²) in [6.45, 7) is 0. The number of rotatable bonds is 3. The Balaban J connectivity index is 1.98. The number of ether oxygens (including phenoxy) is 1. The topological polar surface area (TPSA) is 61.3 Å². The Kier molecular flexibility index (Phi) is 2.90. The van der Waals surface area contributed by atoms with Crippen LogP contribution in [0.4, 0.5) is 5.88 Å². The molecule has 94 valence electrons. The SMILES string of the molecule is Nc1cc(-c2ccccc2Oc2ccccc2)no1. The fourth-order valence-electron chi connectivity index (χ4n) is 1.80. The molecule has 4 heteroatoms. The first-order valence-corrected chi connectivity index (χ1v) is 5.87. The molecule has 0 amide bonds. The lowest BCUT2D eigenvalue weighted by Gasteiger charge is -2.08. The highest BCUT2D eigenvalue weighted by Gasteiger charge is 2.10. The molecule has 2 N–H and O–H groups in total. The molecule has 0 aliphatic carbocycles. The molecule has 0 spiro atoms. The molecule has 0 unspecified atom stereocenters. The number of nitrogens with two attached hydrogens (primary N) is 1. The smallest absolute Gasteiger partial charge is 0.222 e. The van der Waals surface area contributed by atoms with E-state index in [0.29, 0.717) is 11.4 Å². The van der Waals surface area contributed by atoms with Crippen LogP contribution in [0.5, 0.6) is 11.5 Å². The molecular formula is C15H12N2O2. The van der Waals surface area contributed by atoms with Crippen molar-refractivity contribution in [1.29, 1.82) is 0 Å². The largest absolute Gasteiger partial charge is 0.457 e. The molecule has 0 bridgehead atoms. The average molecular weight is 252 g/mol. The van der Waals surface area contributed by atoms with E-state index in [1.165, 1.54) is 0 Å². The van der Waals surface area contributed by atoms with Crippen molar-refractivity contribution in [2.75, 3.05) is 5.73 Å². The van der Waals surface area contributed by atoms with Crippen molar-refractivity contribution in [2.24, 2.45) is 0 Å². The lowest BCUT2D eigenvalue weighted by molar-refractivity contribution is 0.438. The van der Waals surface area contributed by atoms with Crippen LogP contribution in [0.1, 0.15) is 0 Å². The molecule has 1 heterocycles. The van der Waals surface area contributed by atoms with E-state index in [1.807, 2.05) is 54.6 Å². The van der Waals surface area contributed by atoms with Crippen LogP contribution in [0.15, 0.2) is 65.2 Å². The summed E-state index contributed by atoms with van der Waals surface area (Å²) in [4.78, 5) is 0. The maximum absolute atomic E-state index is 5.85. The molecule has 1 aromatic heterocycles. The minimum Gasteiger partial charge on any atom is -0.457 e. The molecule has 0 aliphatic heterocycles. The summed E-state index contributed by atoms with van der Waals surface area (Å²) >= 11 is 0. The van der Waals surface area contributed by atoms with Crippen LogP contribution in [0.25, 0.3) is 11.3 Å². The Morgan fingerprint density at radius 1 is 0.947 bits per heavy atom. The molecule has 4 nitrogen and oxygen atoms in total. The van der Waals surface area contributed by atoms with E-state index in [9.17, 15) is 0 Å². The third kappa shape index (κ3) is 2.42. The summed E-state index contributed by atoms with van der Waals surface area (Å²) in [5.74, 6) is 1.76. The molecule has 0 aliphatic rings. The molecule has 0 radical (unpaired) electrons. The zero-order valence-electron chi connectivity index (χ0n) is 10.1. The normalized spacial score (nSPS) is 10.3. The van der Waals surface area contributed by atoms with Gasteiger partial charge in [0.2, 0.25) is 5.88 Å². The van der Waals surface area contributed by atoms with E-state index in [4.69, 9.17) is 15.0 Å². The molecule has 3 rings (SSSR count). The molecule has 0 atom stereocenters. The van der Waals surface area contributed by atoms with Gasteiger partial charge in [0.15, 0.2) is 0 Å². The first-order valence-electron chi connectivity index (χ1n) is 5.87. The number of anilines is 1. The summed E-state index contributed by atoms with van der Waals surface area (Å²) in [6, 6.07) is 18.9. The summed E-state index contributed by atoms with van der Waals surface area (Å²) in [6.07, 6.45) is 0. The molecule has 0 saturated carbocycles. The maximum atomic E-state index is 5.85. The number of benzene rings is 2. The average Bonchev–Trinajstić information content (AvgIpc) is 2.87. The van der Waals surface area contributed by atoms with Gasteiger partial charge in [0.05, 0.1) is 0 Å². The zero-order chi connectivity index (χ0) is 13.1. The van der Waals surface area contributed by atoms with Gasteiger partial charge in [-0.3, -0.25) is 0 Å². The minimum atomic E-state index is 0.282. The van der Waals surface area contributed by atoms with E-state index in [-0.39, 0.29) is 5.88 Å². The standard InChI is InChI=1S/C15H12N2O2/c16-15-10-13(17-19-15)12-8-4-5-9-14(12)18-11-6-2-1-3-7-11/h1-10H,16H2. The van der Waals surface area contributed by atoms with E-state index in [0.717, 1.165) is 11.3 Å². The van der Waals surface area contributed by atoms with Gasteiger partial charge in [-0.2, -0.15) is 0 Å². The van der Waals surface area contributed by atoms with Crippen LogP contribution in [-0.2, 0) is 0 Å². The first-order chi connectivity index (χ1) is 9.33. The summed E-state index contributed by atoms with van der Waals surface area (Å²) < 4.78 is 10.7. The fourth-order valence-corrected chi connectivity index (χ4v) is 1.80. The first kappa shape index (κ1) is 11.3. The van der Waals surface area contributed by atoms with E-state index in [2.05, 4.69) is 5.16 Å². The summed E-state index contributed by atoms with van der Waals surface area (Å²) in [7, 11) is 0. The van der Waals surface area contributed by atoms with Crippen LogP contribution >= 0.6 is 0 Å². The van der Waals surface area contributed by atoms with Crippen molar-refractivity contribution in [3.8, 4) is 22.8 Å². The number of nitrogens with zero attached hydrogens (tertiary/aromatic N) is 1. The van der Waals surface area contributed by atoms with Gasteiger partial charge in [0, 0.05) is 11.6 Å². The van der Waals surface area contributed by atoms with Gasteiger partial charge < -0.3 is 15.0 Å².